The van der Waals surface area contributed by atoms with Crippen LogP contribution in [0.4, 0.5) is 0 Å². The van der Waals surface area contributed by atoms with E-state index in [1.807, 2.05) is 76.2 Å². The van der Waals surface area contributed by atoms with Crippen LogP contribution in [-0.2, 0) is 11.2 Å². The maximum absolute atomic E-state index is 12.8. The van der Waals surface area contributed by atoms with Gasteiger partial charge in [0.1, 0.15) is 6.04 Å². The summed E-state index contributed by atoms with van der Waals surface area (Å²) < 4.78 is 5.38. The van der Waals surface area contributed by atoms with Crippen molar-refractivity contribution in [1.29, 1.82) is 0 Å². The van der Waals surface area contributed by atoms with E-state index in [1.54, 1.807) is 6.07 Å². The highest BCUT2D eigenvalue weighted by atomic mass is 16.5. The van der Waals surface area contributed by atoms with Gasteiger partial charge in [-0.3, -0.25) is 9.59 Å². The number of nitrogens with one attached hydrogen (secondary N) is 2. The van der Waals surface area contributed by atoms with E-state index in [-0.39, 0.29) is 17.6 Å². The topological polar surface area (TPSA) is 84.2 Å². The molecule has 0 bridgehead atoms. The van der Waals surface area contributed by atoms with Crippen molar-refractivity contribution < 1.29 is 14.1 Å². The Labute approximate surface area is 176 Å². The lowest BCUT2D eigenvalue weighted by Crippen LogP contribution is -2.49. The highest BCUT2D eigenvalue weighted by molar-refractivity contribution is 5.96. The lowest BCUT2D eigenvalue weighted by atomic mass is 10.0. The first-order chi connectivity index (χ1) is 14.3. The Bertz CT molecular complexity index is 1030. The first-order valence-corrected chi connectivity index (χ1v) is 10.0. The van der Waals surface area contributed by atoms with Crippen molar-refractivity contribution in [2.45, 2.75) is 46.2 Å². The standard InChI is InChI=1S/C24H27N3O3/c1-15(2)25-23(28)20(13-18-8-6-5-7-9-18)26-24(29)21-14-22(30-27-21)19-11-10-16(3)17(4)12-19/h5-12,14-15,20H,13H2,1-4H3,(H,25,28)(H,26,29)/t20-/m1/s1. The SMILES string of the molecule is Cc1ccc(-c2cc(C(=O)N[C@H](Cc3ccccc3)C(=O)NC(C)C)no2)cc1C. The number of carbonyl (C=O) groups excluding carboxylic acids is 2. The molecule has 3 rings (SSSR count). The molecule has 1 heterocycles. The Hall–Kier alpha value is -3.41. The molecule has 0 radical (unpaired) electrons. The molecule has 1 atom stereocenters. The highest BCUT2D eigenvalue weighted by Crippen LogP contribution is 2.23. The fraction of sp³-hybridized carbons (Fsp3) is 0.292. The summed E-state index contributed by atoms with van der Waals surface area (Å²) in [6.45, 7) is 7.82. The van der Waals surface area contributed by atoms with Crippen molar-refractivity contribution in [3.05, 3.63) is 77.0 Å². The third kappa shape index (κ3) is 5.35. The Morgan fingerprint density at radius 2 is 1.70 bits per heavy atom. The molecule has 2 amide bonds. The first kappa shape index (κ1) is 21.3. The predicted octanol–water partition coefficient (Wildman–Crippen LogP) is 3.82. The van der Waals surface area contributed by atoms with E-state index in [0.29, 0.717) is 12.2 Å². The van der Waals surface area contributed by atoms with Gasteiger partial charge in [0.25, 0.3) is 5.91 Å². The van der Waals surface area contributed by atoms with Crippen molar-refractivity contribution in [3.63, 3.8) is 0 Å². The van der Waals surface area contributed by atoms with Gasteiger partial charge >= 0.3 is 0 Å². The molecule has 6 heteroatoms. The maximum atomic E-state index is 12.8. The van der Waals surface area contributed by atoms with Crippen LogP contribution in [0.1, 0.15) is 41.0 Å². The third-order valence-electron chi connectivity index (χ3n) is 4.87. The molecule has 0 fully saturated rings. The molecule has 0 saturated heterocycles. The molecular weight excluding hydrogens is 378 g/mol. The molecule has 3 aromatic rings. The minimum absolute atomic E-state index is 0.0314. The van der Waals surface area contributed by atoms with Crippen LogP contribution in [0.15, 0.2) is 59.1 Å². The van der Waals surface area contributed by atoms with Gasteiger partial charge in [0, 0.05) is 24.1 Å². The molecule has 2 N–H and O–H groups in total. The van der Waals surface area contributed by atoms with Crippen LogP contribution in [0.3, 0.4) is 0 Å². The number of hydrogen-bond donors (Lipinski definition) is 2. The van der Waals surface area contributed by atoms with Gasteiger partial charge in [0.05, 0.1) is 0 Å². The van der Waals surface area contributed by atoms with Gasteiger partial charge in [-0.2, -0.15) is 0 Å². The largest absolute Gasteiger partial charge is 0.355 e. The second-order valence-electron chi connectivity index (χ2n) is 7.75. The molecule has 30 heavy (non-hydrogen) atoms. The average molecular weight is 405 g/mol. The summed E-state index contributed by atoms with van der Waals surface area (Å²) in [5, 5.41) is 9.57. The van der Waals surface area contributed by atoms with E-state index in [0.717, 1.165) is 16.7 Å². The summed E-state index contributed by atoms with van der Waals surface area (Å²) in [5.74, 6) is -0.178. The third-order valence-corrected chi connectivity index (χ3v) is 4.87. The number of carbonyl (C=O) groups is 2. The zero-order valence-electron chi connectivity index (χ0n) is 17.7. The van der Waals surface area contributed by atoms with Crippen LogP contribution >= 0.6 is 0 Å². The average Bonchev–Trinajstić information content (AvgIpc) is 3.20. The molecule has 0 aliphatic heterocycles. The maximum Gasteiger partial charge on any atom is 0.274 e. The molecule has 1 aromatic heterocycles. The molecule has 6 nitrogen and oxygen atoms in total. The molecule has 156 valence electrons. The van der Waals surface area contributed by atoms with Gasteiger partial charge in [0.15, 0.2) is 11.5 Å². The quantitative estimate of drug-likeness (QED) is 0.626. The van der Waals surface area contributed by atoms with Crippen LogP contribution in [0.25, 0.3) is 11.3 Å². The van der Waals surface area contributed by atoms with Crippen molar-refractivity contribution in [3.8, 4) is 11.3 Å². The Morgan fingerprint density at radius 3 is 2.37 bits per heavy atom. The molecule has 0 saturated carbocycles. The van der Waals surface area contributed by atoms with E-state index in [9.17, 15) is 9.59 Å². The Morgan fingerprint density at radius 1 is 0.967 bits per heavy atom. The van der Waals surface area contributed by atoms with Gasteiger partial charge in [-0.15, -0.1) is 0 Å². The summed E-state index contributed by atoms with van der Waals surface area (Å²) >= 11 is 0. The van der Waals surface area contributed by atoms with Crippen molar-refractivity contribution in [1.82, 2.24) is 15.8 Å². The van der Waals surface area contributed by atoms with Gasteiger partial charge in [0.2, 0.25) is 5.91 Å². The normalized spacial score (nSPS) is 11.9. The van der Waals surface area contributed by atoms with Crippen LogP contribution < -0.4 is 10.6 Å². The number of nitrogens with zero attached hydrogens (tertiary/aromatic N) is 1. The summed E-state index contributed by atoms with van der Waals surface area (Å²) in [6, 6.07) is 16.3. The van der Waals surface area contributed by atoms with Gasteiger partial charge in [-0.05, 0) is 50.5 Å². The zero-order valence-corrected chi connectivity index (χ0v) is 17.7. The van der Waals surface area contributed by atoms with Crippen molar-refractivity contribution in [2.24, 2.45) is 0 Å². The number of benzene rings is 2. The fourth-order valence-corrected chi connectivity index (χ4v) is 3.09. The molecule has 0 aliphatic carbocycles. The zero-order chi connectivity index (χ0) is 21.7. The second-order valence-corrected chi connectivity index (χ2v) is 7.75. The monoisotopic (exact) mass is 405 g/mol. The van der Waals surface area contributed by atoms with Crippen LogP contribution in [-0.4, -0.2) is 29.1 Å². The van der Waals surface area contributed by atoms with Gasteiger partial charge < -0.3 is 15.2 Å². The van der Waals surface area contributed by atoms with Crippen molar-refractivity contribution >= 4 is 11.8 Å². The number of hydrogen-bond acceptors (Lipinski definition) is 4. The van der Waals surface area contributed by atoms with Crippen LogP contribution in [0, 0.1) is 13.8 Å². The second kappa shape index (κ2) is 9.39. The molecule has 0 spiro atoms. The highest BCUT2D eigenvalue weighted by Gasteiger charge is 2.24. The van der Waals surface area contributed by atoms with Crippen LogP contribution in [0.5, 0.6) is 0 Å². The first-order valence-electron chi connectivity index (χ1n) is 10.0. The molecule has 2 aromatic carbocycles. The van der Waals surface area contributed by atoms with E-state index in [2.05, 4.69) is 15.8 Å². The van der Waals surface area contributed by atoms with E-state index in [1.165, 1.54) is 5.56 Å². The molecular formula is C24H27N3O3. The number of aryl methyl sites for hydroxylation is 2. The van der Waals surface area contributed by atoms with Gasteiger partial charge in [-0.1, -0.05) is 47.6 Å². The summed E-state index contributed by atoms with van der Waals surface area (Å²) in [5.41, 5.74) is 4.25. The smallest absolute Gasteiger partial charge is 0.274 e. The van der Waals surface area contributed by atoms with E-state index >= 15 is 0 Å². The minimum atomic E-state index is -0.718. The van der Waals surface area contributed by atoms with Gasteiger partial charge in [-0.25, -0.2) is 0 Å². The number of amides is 2. The summed E-state index contributed by atoms with van der Waals surface area (Å²) in [7, 11) is 0. The van der Waals surface area contributed by atoms with E-state index < -0.39 is 11.9 Å². The molecule has 0 aliphatic rings. The fourth-order valence-electron chi connectivity index (χ4n) is 3.09. The van der Waals surface area contributed by atoms with Crippen molar-refractivity contribution in [2.75, 3.05) is 0 Å². The lowest BCUT2D eigenvalue weighted by molar-refractivity contribution is -0.123. The lowest BCUT2D eigenvalue weighted by Gasteiger charge is -2.19. The Balaban J connectivity index is 1.77. The predicted molar refractivity (Wildman–Crippen MR) is 116 cm³/mol. The van der Waals surface area contributed by atoms with E-state index in [4.69, 9.17) is 4.52 Å². The molecule has 0 unspecified atom stereocenters. The number of aromatic nitrogens is 1. The Kier molecular flexibility index (Phi) is 6.67. The number of rotatable bonds is 7. The summed E-state index contributed by atoms with van der Waals surface area (Å²) in [6.07, 6.45) is 0.382. The minimum Gasteiger partial charge on any atom is -0.355 e. The van der Waals surface area contributed by atoms with Crippen LogP contribution in [0.2, 0.25) is 0 Å². The summed E-state index contributed by atoms with van der Waals surface area (Å²) in [4.78, 5) is 25.4.